The molecule has 2 unspecified atom stereocenters. The summed E-state index contributed by atoms with van der Waals surface area (Å²) in [5.41, 5.74) is 1.15. The van der Waals surface area contributed by atoms with Gasteiger partial charge in [-0.1, -0.05) is 30.3 Å². The van der Waals surface area contributed by atoms with Crippen LogP contribution in [0.5, 0.6) is 0 Å². The minimum absolute atomic E-state index is 0.130. The first-order valence-electron chi connectivity index (χ1n) is 8.78. The van der Waals surface area contributed by atoms with Crippen molar-refractivity contribution in [2.45, 2.75) is 44.0 Å². The lowest BCUT2D eigenvalue weighted by Crippen LogP contribution is -2.60. The van der Waals surface area contributed by atoms with Crippen molar-refractivity contribution in [3.63, 3.8) is 0 Å². The summed E-state index contributed by atoms with van der Waals surface area (Å²) < 4.78 is 19.3. The number of ether oxygens (including phenoxy) is 1. The molecule has 0 aliphatic carbocycles. The van der Waals surface area contributed by atoms with Crippen LogP contribution in [0, 0.1) is 12.7 Å². The van der Waals surface area contributed by atoms with Crippen molar-refractivity contribution in [1.82, 2.24) is 9.88 Å². The molecule has 1 N–H and O–H groups in total. The van der Waals surface area contributed by atoms with Gasteiger partial charge in [0.15, 0.2) is 0 Å². The number of rotatable bonds is 3. The maximum Gasteiger partial charge on any atom is 0.144 e. The van der Waals surface area contributed by atoms with Crippen LogP contribution in [0.1, 0.15) is 29.8 Å². The van der Waals surface area contributed by atoms with E-state index >= 15 is 0 Å². The third-order valence-electron chi connectivity index (χ3n) is 5.41. The highest BCUT2D eigenvalue weighted by Crippen LogP contribution is 2.41. The van der Waals surface area contributed by atoms with Crippen LogP contribution in [0.25, 0.3) is 0 Å². The van der Waals surface area contributed by atoms with Gasteiger partial charge in [0, 0.05) is 18.6 Å². The second-order valence-corrected chi connectivity index (χ2v) is 7.21. The predicted octanol–water partition coefficient (Wildman–Crippen LogP) is 2.78. The Morgan fingerprint density at radius 2 is 1.84 bits per heavy atom. The van der Waals surface area contributed by atoms with Crippen LogP contribution in [0.4, 0.5) is 4.39 Å². The molecule has 0 amide bonds. The minimum Gasteiger partial charge on any atom is -0.383 e. The summed E-state index contributed by atoms with van der Waals surface area (Å²) in [6, 6.07) is 13.6. The molecule has 0 spiro atoms. The van der Waals surface area contributed by atoms with Gasteiger partial charge in [0.2, 0.25) is 0 Å². The van der Waals surface area contributed by atoms with Crippen LogP contribution in [-0.2, 0) is 16.9 Å². The number of morpholine rings is 1. The highest BCUT2D eigenvalue weighted by molar-refractivity contribution is 5.21. The summed E-state index contributed by atoms with van der Waals surface area (Å²) in [6.45, 7) is 3.69. The highest BCUT2D eigenvalue weighted by Gasteiger charge is 2.47. The summed E-state index contributed by atoms with van der Waals surface area (Å²) in [5.74, 6) is -0.336. The monoisotopic (exact) mass is 342 g/mol. The fraction of sp³-hybridized carbons (Fsp3) is 0.450. The van der Waals surface area contributed by atoms with Gasteiger partial charge in [0.25, 0.3) is 0 Å². The summed E-state index contributed by atoms with van der Waals surface area (Å²) >= 11 is 0. The highest BCUT2D eigenvalue weighted by atomic mass is 19.1. The first-order chi connectivity index (χ1) is 12.0. The van der Waals surface area contributed by atoms with Crippen molar-refractivity contribution in [2.75, 3.05) is 13.2 Å². The Hall–Kier alpha value is -1.82. The molecule has 1 aromatic carbocycles. The molecule has 25 heavy (non-hydrogen) atoms. The van der Waals surface area contributed by atoms with Crippen LogP contribution in [-0.4, -0.2) is 40.3 Å². The molecule has 0 saturated carbocycles. The van der Waals surface area contributed by atoms with Crippen LogP contribution < -0.4 is 0 Å². The first kappa shape index (κ1) is 16.6. The van der Waals surface area contributed by atoms with Crippen LogP contribution in [0.2, 0.25) is 0 Å². The number of benzene rings is 1. The van der Waals surface area contributed by atoms with Crippen molar-refractivity contribution in [1.29, 1.82) is 0 Å². The summed E-state index contributed by atoms with van der Waals surface area (Å²) in [5, 5.41) is 11.3. The number of nitrogens with zero attached hydrogens (tertiary/aromatic N) is 2. The van der Waals surface area contributed by atoms with Gasteiger partial charge < -0.3 is 9.84 Å². The van der Waals surface area contributed by atoms with E-state index in [0.29, 0.717) is 37.4 Å². The zero-order chi connectivity index (χ0) is 17.4. The van der Waals surface area contributed by atoms with E-state index in [1.165, 1.54) is 11.6 Å². The molecule has 2 aliphatic heterocycles. The van der Waals surface area contributed by atoms with E-state index in [1.807, 2.05) is 18.2 Å². The minimum atomic E-state index is -1.02. The lowest BCUT2D eigenvalue weighted by Gasteiger charge is -2.51. The summed E-state index contributed by atoms with van der Waals surface area (Å²) in [6.07, 6.45) is 1.10. The fourth-order valence-electron chi connectivity index (χ4n) is 4.11. The number of aryl methyl sites for hydroxylation is 1. The molecule has 5 heteroatoms. The van der Waals surface area contributed by atoms with Gasteiger partial charge >= 0.3 is 0 Å². The molecule has 2 saturated heterocycles. The number of hydrogen-bond acceptors (Lipinski definition) is 4. The van der Waals surface area contributed by atoms with E-state index in [4.69, 9.17) is 4.74 Å². The fourth-order valence-corrected chi connectivity index (χ4v) is 4.11. The van der Waals surface area contributed by atoms with E-state index in [9.17, 15) is 9.50 Å². The van der Waals surface area contributed by atoms with Crippen molar-refractivity contribution >= 4 is 0 Å². The standard InChI is InChI=1S/C20H23FN2O2/c1-14-18(21)7-8-19(22-14)20(24)9-16-12-25-13-17(10-20)23(16)11-15-5-3-2-4-6-15/h2-8,16-17,24H,9-13H2,1H3. The number of aromatic nitrogens is 1. The zero-order valence-corrected chi connectivity index (χ0v) is 14.4. The smallest absolute Gasteiger partial charge is 0.144 e. The maximum atomic E-state index is 13.6. The maximum absolute atomic E-state index is 13.6. The van der Waals surface area contributed by atoms with E-state index < -0.39 is 5.60 Å². The third-order valence-corrected chi connectivity index (χ3v) is 5.41. The molecular formula is C20H23FN2O2. The topological polar surface area (TPSA) is 45.6 Å². The number of aliphatic hydroxyl groups is 1. The molecule has 132 valence electrons. The Labute approximate surface area is 147 Å². The second-order valence-electron chi connectivity index (χ2n) is 7.21. The van der Waals surface area contributed by atoms with Gasteiger partial charge in [-0.05, 0) is 37.5 Å². The van der Waals surface area contributed by atoms with Gasteiger partial charge in [0.05, 0.1) is 24.6 Å². The van der Waals surface area contributed by atoms with Gasteiger partial charge in [-0.3, -0.25) is 9.88 Å². The molecule has 2 aliphatic rings. The average molecular weight is 342 g/mol. The van der Waals surface area contributed by atoms with Gasteiger partial charge in [-0.15, -0.1) is 0 Å². The molecule has 2 atom stereocenters. The second kappa shape index (κ2) is 6.48. The lowest BCUT2D eigenvalue weighted by atomic mass is 9.78. The number of halogens is 1. The Morgan fingerprint density at radius 3 is 2.48 bits per heavy atom. The molecule has 0 radical (unpaired) electrons. The molecule has 4 rings (SSSR count). The van der Waals surface area contributed by atoms with E-state index in [-0.39, 0.29) is 17.9 Å². The molecule has 2 fully saturated rings. The predicted molar refractivity (Wildman–Crippen MR) is 92.4 cm³/mol. The number of pyridine rings is 1. The lowest BCUT2D eigenvalue weighted by molar-refractivity contribution is -0.151. The van der Waals surface area contributed by atoms with E-state index in [2.05, 4.69) is 22.0 Å². The molecular weight excluding hydrogens is 319 g/mol. The molecule has 1 aromatic heterocycles. The zero-order valence-electron chi connectivity index (χ0n) is 14.4. The number of fused-ring (bicyclic) bond motifs is 2. The third kappa shape index (κ3) is 3.19. The molecule has 4 nitrogen and oxygen atoms in total. The van der Waals surface area contributed by atoms with Crippen molar-refractivity contribution < 1.29 is 14.2 Å². The van der Waals surface area contributed by atoms with Gasteiger partial charge in [-0.2, -0.15) is 0 Å². The quantitative estimate of drug-likeness (QED) is 0.932. The average Bonchev–Trinajstić information content (AvgIpc) is 2.59. The van der Waals surface area contributed by atoms with E-state index in [0.717, 1.165) is 6.54 Å². The summed E-state index contributed by atoms with van der Waals surface area (Å²) in [7, 11) is 0. The normalized spacial score (nSPS) is 29.6. The molecule has 2 aromatic rings. The van der Waals surface area contributed by atoms with Gasteiger partial charge in [-0.25, -0.2) is 4.39 Å². The van der Waals surface area contributed by atoms with Crippen LogP contribution in [0.3, 0.4) is 0 Å². The first-order valence-corrected chi connectivity index (χ1v) is 8.78. The Morgan fingerprint density at radius 1 is 1.16 bits per heavy atom. The van der Waals surface area contributed by atoms with Crippen molar-refractivity contribution in [2.24, 2.45) is 0 Å². The molecule has 3 heterocycles. The van der Waals surface area contributed by atoms with Crippen LogP contribution in [0.15, 0.2) is 42.5 Å². The number of hydrogen-bond donors (Lipinski definition) is 1. The SMILES string of the molecule is Cc1nc(C2(O)CC3COCC(C2)N3Cc2ccccc2)ccc1F. The van der Waals surface area contributed by atoms with Crippen LogP contribution >= 0.6 is 0 Å². The Kier molecular flexibility index (Phi) is 4.31. The Balaban J connectivity index is 1.59. The largest absolute Gasteiger partial charge is 0.383 e. The Bertz CT molecular complexity index is 739. The van der Waals surface area contributed by atoms with Gasteiger partial charge in [0.1, 0.15) is 11.4 Å². The number of piperidine rings is 1. The van der Waals surface area contributed by atoms with E-state index in [1.54, 1.807) is 13.0 Å². The molecule has 2 bridgehead atoms. The van der Waals surface area contributed by atoms with Crippen molar-refractivity contribution in [3.05, 3.63) is 65.2 Å². The summed E-state index contributed by atoms with van der Waals surface area (Å²) in [4.78, 5) is 6.75. The van der Waals surface area contributed by atoms with Crippen molar-refractivity contribution in [3.8, 4) is 0 Å².